The van der Waals surface area contributed by atoms with Crippen LogP contribution in [0.2, 0.25) is 0 Å². The summed E-state index contributed by atoms with van der Waals surface area (Å²) in [6, 6.07) is 8.33. The smallest absolute Gasteiger partial charge is 0.0645 e. The van der Waals surface area contributed by atoms with Gasteiger partial charge in [-0.15, -0.1) is 0 Å². The Hall–Kier alpha value is -0.460. The molecule has 0 bridgehead atoms. The van der Waals surface area contributed by atoms with Crippen molar-refractivity contribution >= 4 is 15.9 Å². The second-order valence-corrected chi connectivity index (χ2v) is 5.37. The summed E-state index contributed by atoms with van der Waals surface area (Å²) in [5.74, 6) is 0. The fraction of sp³-hybridized carbons (Fsp3) is 0.538. The SMILES string of the molecule is NCC(c1cccc(Br)c1)N1CCOCC1CO. The third-order valence-electron chi connectivity index (χ3n) is 3.34. The maximum Gasteiger partial charge on any atom is 0.0645 e. The molecule has 1 heterocycles. The highest BCUT2D eigenvalue weighted by Gasteiger charge is 2.29. The van der Waals surface area contributed by atoms with Crippen LogP contribution in [0.3, 0.4) is 0 Å². The zero-order valence-electron chi connectivity index (χ0n) is 10.3. The number of aliphatic hydroxyl groups excluding tert-OH is 1. The van der Waals surface area contributed by atoms with Gasteiger partial charge < -0.3 is 15.6 Å². The van der Waals surface area contributed by atoms with E-state index in [4.69, 9.17) is 10.5 Å². The second-order valence-electron chi connectivity index (χ2n) is 4.46. The molecule has 18 heavy (non-hydrogen) atoms. The summed E-state index contributed by atoms with van der Waals surface area (Å²) < 4.78 is 6.45. The molecule has 3 N–H and O–H groups in total. The standard InChI is InChI=1S/C13H19BrN2O2/c14-11-3-1-2-10(6-11)13(7-15)16-4-5-18-9-12(16)8-17/h1-3,6,12-13,17H,4-5,7-9,15H2. The van der Waals surface area contributed by atoms with Gasteiger partial charge in [0, 0.05) is 23.6 Å². The van der Waals surface area contributed by atoms with Crippen LogP contribution in [0.15, 0.2) is 28.7 Å². The summed E-state index contributed by atoms with van der Waals surface area (Å²) in [6.07, 6.45) is 0. The van der Waals surface area contributed by atoms with Gasteiger partial charge in [0.05, 0.1) is 25.9 Å². The van der Waals surface area contributed by atoms with Gasteiger partial charge in [0.15, 0.2) is 0 Å². The lowest BCUT2D eigenvalue weighted by molar-refractivity contribution is -0.0463. The van der Waals surface area contributed by atoms with Crippen LogP contribution in [0.4, 0.5) is 0 Å². The van der Waals surface area contributed by atoms with Crippen molar-refractivity contribution in [3.05, 3.63) is 34.3 Å². The molecular formula is C13H19BrN2O2. The lowest BCUT2D eigenvalue weighted by Gasteiger charge is -2.40. The third-order valence-corrected chi connectivity index (χ3v) is 3.83. The zero-order chi connectivity index (χ0) is 13.0. The van der Waals surface area contributed by atoms with Gasteiger partial charge in [0.25, 0.3) is 0 Å². The van der Waals surface area contributed by atoms with Crippen LogP contribution < -0.4 is 5.73 Å². The first-order valence-electron chi connectivity index (χ1n) is 6.16. The van der Waals surface area contributed by atoms with Gasteiger partial charge in [-0.3, -0.25) is 4.90 Å². The van der Waals surface area contributed by atoms with E-state index in [1.54, 1.807) is 0 Å². The molecular weight excluding hydrogens is 296 g/mol. The Balaban J connectivity index is 2.21. The van der Waals surface area contributed by atoms with Gasteiger partial charge in [-0.25, -0.2) is 0 Å². The summed E-state index contributed by atoms with van der Waals surface area (Å²) in [7, 11) is 0. The Kier molecular flexibility index (Phi) is 5.14. The molecule has 1 aromatic rings. The van der Waals surface area contributed by atoms with Crippen molar-refractivity contribution in [3.63, 3.8) is 0 Å². The number of rotatable bonds is 4. The number of ether oxygens (including phenoxy) is 1. The second kappa shape index (κ2) is 6.63. The van der Waals surface area contributed by atoms with Crippen LogP contribution in [-0.4, -0.2) is 49.0 Å². The number of halogens is 1. The lowest BCUT2D eigenvalue weighted by Crippen LogP contribution is -2.50. The molecule has 0 spiro atoms. The fourth-order valence-electron chi connectivity index (χ4n) is 2.41. The van der Waals surface area contributed by atoms with Crippen molar-refractivity contribution in [2.45, 2.75) is 12.1 Å². The summed E-state index contributed by atoms with van der Waals surface area (Å²) in [6.45, 7) is 2.71. The number of nitrogens with two attached hydrogens (primary N) is 1. The normalized spacial score (nSPS) is 22.9. The Morgan fingerprint density at radius 2 is 2.39 bits per heavy atom. The molecule has 2 rings (SSSR count). The minimum absolute atomic E-state index is 0.0336. The van der Waals surface area contributed by atoms with Gasteiger partial charge in [-0.05, 0) is 17.7 Å². The van der Waals surface area contributed by atoms with E-state index in [1.165, 1.54) is 5.56 Å². The highest BCUT2D eigenvalue weighted by atomic mass is 79.9. The van der Waals surface area contributed by atoms with Crippen LogP contribution in [0.5, 0.6) is 0 Å². The Morgan fingerprint density at radius 1 is 1.56 bits per heavy atom. The number of nitrogens with zero attached hydrogens (tertiary/aromatic N) is 1. The molecule has 1 aliphatic heterocycles. The molecule has 0 aliphatic carbocycles. The number of hydrogen-bond acceptors (Lipinski definition) is 4. The van der Waals surface area contributed by atoms with E-state index >= 15 is 0 Å². The third kappa shape index (κ3) is 3.10. The van der Waals surface area contributed by atoms with Crippen LogP contribution in [-0.2, 0) is 4.74 Å². The van der Waals surface area contributed by atoms with Crippen molar-refractivity contribution < 1.29 is 9.84 Å². The van der Waals surface area contributed by atoms with Gasteiger partial charge in [0.1, 0.15) is 0 Å². The highest BCUT2D eigenvalue weighted by molar-refractivity contribution is 9.10. The number of hydrogen-bond donors (Lipinski definition) is 2. The molecule has 2 atom stereocenters. The average molecular weight is 315 g/mol. The average Bonchev–Trinajstić information content (AvgIpc) is 2.40. The minimum Gasteiger partial charge on any atom is -0.395 e. The van der Waals surface area contributed by atoms with E-state index in [0.717, 1.165) is 11.0 Å². The van der Waals surface area contributed by atoms with Crippen LogP contribution in [0.25, 0.3) is 0 Å². The van der Waals surface area contributed by atoms with E-state index in [2.05, 4.69) is 33.0 Å². The summed E-state index contributed by atoms with van der Waals surface area (Å²) in [5.41, 5.74) is 7.10. The van der Waals surface area contributed by atoms with Gasteiger partial charge in [0.2, 0.25) is 0 Å². The highest BCUT2D eigenvalue weighted by Crippen LogP contribution is 2.26. The first kappa shape index (κ1) is 14.0. The fourth-order valence-corrected chi connectivity index (χ4v) is 2.83. The molecule has 2 unspecified atom stereocenters. The van der Waals surface area contributed by atoms with E-state index in [9.17, 15) is 5.11 Å². The van der Waals surface area contributed by atoms with Crippen molar-refractivity contribution in [1.29, 1.82) is 0 Å². The molecule has 1 aromatic carbocycles. The van der Waals surface area contributed by atoms with Crippen LogP contribution in [0.1, 0.15) is 11.6 Å². The molecule has 1 fully saturated rings. The molecule has 1 saturated heterocycles. The largest absolute Gasteiger partial charge is 0.395 e. The van der Waals surface area contributed by atoms with Crippen LogP contribution >= 0.6 is 15.9 Å². The summed E-state index contributed by atoms with van der Waals surface area (Å²) in [5, 5.41) is 9.44. The quantitative estimate of drug-likeness (QED) is 0.875. The maximum absolute atomic E-state index is 9.44. The molecule has 4 nitrogen and oxygen atoms in total. The van der Waals surface area contributed by atoms with Crippen molar-refractivity contribution in [2.24, 2.45) is 5.73 Å². The van der Waals surface area contributed by atoms with E-state index in [-0.39, 0.29) is 18.7 Å². The van der Waals surface area contributed by atoms with Gasteiger partial charge in [-0.1, -0.05) is 28.1 Å². The molecule has 0 aromatic heterocycles. The lowest BCUT2D eigenvalue weighted by atomic mass is 10.0. The Bertz CT molecular complexity index is 389. The molecule has 5 heteroatoms. The first-order valence-corrected chi connectivity index (χ1v) is 6.95. The molecule has 0 amide bonds. The molecule has 1 aliphatic rings. The Morgan fingerprint density at radius 3 is 3.06 bits per heavy atom. The Labute approximate surface area is 116 Å². The van der Waals surface area contributed by atoms with Crippen molar-refractivity contribution in [1.82, 2.24) is 4.90 Å². The number of benzene rings is 1. The monoisotopic (exact) mass is 314 g/mol. The minimum atomic E-state index is 0.0336. The first-order chi connectivity index (χ1) is 8.76. The summed E-state index contributed by atoms with van der Waals surface area (Å²) >= 11 is 3.48. The van der Waals surface area contributed by atoms with E-state index in [0.29, 0.717) is 19.8 Å². The van der Waals surface area contributed by atoms with Crippen molar-refractivity contribution in [3.8, 4) is 0 Å². The predicted octanol–water partition coefficient (Wildman–Crippen LogP) is 1.14. The number of aliphatic hydroxyl groups is 1. The van der Waals surface area contributed by atoms with E-state index < -0.39 is 0 Å². The van der Waals surface area contributed by atoms with Gasteiger partial charge >= 0.3 is 0 Å². The summed E-state index contributed by atoms with van der Waals surface area (Å²) in [4.78, 5) is 2.24. The van der Waals surface area contributed by atoms with Crippen LogP contribution in [0, 0.1) is 0 Å². The topological polar surface area (TPSA) is 58.7 Å². The molecule has 0 saturated carbocycles. The zero-order valence-corrected chi connectivity index (χ0v) is 11.8. The maximum atomic E-state index is 9.44. The number of morpholine rings is 1. The predicted molar refractivity (Wildman–Crippen MR) is 74.3 cm³/mol. The van der Waals surface area contributed by atoms with E-state index in [1.807, 2.05) is 12.1 Å². The van der Waals surface area contributed by atoms with Gasteiger partial charge in [-0.2, -0.15) is 0 Å². The molecule has 0 radical (unpaired) electrons. The molecule has 100 valence electrons. The van der Waals surface area contributed by atoms with Crippen molar-refractivity contribution in [2.75, 3.05) is 32.9 Å².